The zero-order valence-electron chi connectivity index (χ0n) is 25.5. The van der Waals surface area contributed by atoms with E-state index in [2.05, 4.69) is 5.32 Å². The minimum Gasteiger partial charge on any atom is -0.497 e. The van der Waals surface area contributed by atoms with Gasteiger partial charge in [0.1, 0.15) is 18.3 Å². The van der Waals surface area contributed by atoms with Crippen LogP contribution in [0.3, 0.4) is 0 Å². The fourth-order valence-electron chi connectivity index (χ4n) is 4.73. The minimum atomic E-state index is -4.13. The van der Waals surface area contributed by atoms with Crippen molar-refractivity contribution in [3.63, 3.8) is 0 Å². The van der Waals surface area contributed by atoms with Gasteiger partial charge in [0.2, 0.25) is 11.8 Å². The molecule has 0 saturated carbocycles. The van der Waals surface area contributed by atoms with E-state index in [4.69, 9.17) is 4.74 Å². The van der Waals surface area contributed by atoms with Crippen LogP contribution < -0.4 is 14.4 Å². The number of carbonyl (C=O) groups excluding carboxylic acids is 2. The molecule has 0 bridgehead atoms. The summed E-state index contributed by atoms with van der Waals surface area (Å²) in [6.07, 6.45) is 2.11. The first-order chi connectivity index (χ1) is 20.0. The van der Waals surface area contributed by atoms with Crippen LogP contribution in [0.4, 0.5) is 5.69 Å². The van der Waals surface area contributed by atoms with Crippen LogP contribution in [0.2, 0.25) is 0 Å². The maximum absolute atomic E-state index is 14.3. The van der Waals surface area contributed by atoms with Gasteiger partial charge < -0.3 is 15.0 Å². The number of methoxy groups -OCH3 is 1. The summed E-state index contributed by atoms with van der Waals surface area (Å²) in [6.45, 7) is 9.62. The molecule has 0 unspecified atom stereocenters. The second kappa shape index (κ2) is 14.9. The van der Waals surface area contributed by atoms with Crippen LogP contribution in [0, 0.1) is 20.8 Å². The van der Waals surface area contributed by atoms with Gasteiger partial charge in [-0.3, -0.25) is 13.9 Å². The molecule has 8 nitrogen and oxygen atoms in total. The summed E-state index contributed by atoms with van der Waals surface area (Å²) in [5.41, 5.74) is 3.69. The molecule has 1 atom stereocenters. The smallest absolute Gasteiger partial charge is 0.264 e. The van der Waals surface area contributed by atoms with Gasteiger partial charge in [-0.15, -0.1) is 0 Å². The molecule has 0 aliphatic rings. The van der Waals surface area contributed by atoms with E-state index in [-0.39, 0.29) is 17.3 Å². The molecule has 1 N–H and O–H groups in total. The Morgan fingerprint density at radius 2 is 1.62 bits per heavy atom. The van der Waals surface area contributed by atoms with Crippen molar-refractivity contribution in [2.75, 3.05) is 24.5 Å². The van der Waals surface area contributed by atoms with E-state index in [0.717, 1.165) is 29.5 Å². The normalized spacial score (nSPS) is 12.0. The van der Waals surface area contributed by atoms with Crippen LogP contribution in [0.1, 0.15) is 55.4 Å². The van der Waals surface area contributed by atoms with E-state index in [0.29, 0.717) is 30.0 Å². The molecule has 0 aliphatic carbocycles. The number of rotatable bonds is 14. The minimum absolute atomic E-state index is 0.0884. The number of aryl methyl sites for hydroxylation is 3. The van der Waals surface area contributed by atoms with Crippen LogP contribution in [0.5, 0.6) is 5.75 Å². The van der Waals surface area contributed by atoms with Gasteiger partial charge in [0.15, 0.2) is 0 Å². The van der Waals surface area contributed by atoms with Crippen molar-refractivity contribution in [3.05, 3.63) is 89.0 Å². The monoisotopic (exact) mass is 593 g/mol. The lowest BCUT2D eigenvalue weighted by Crippen LogP contribution is -2.52. The standard InChI is InChI=1S/C33H43N3O5S/c1-7-9-19-34-33(38)30(8-2)35(22-27-11-10-12-28(21-27)41-6)32(37)23-36(31-20-25(4)13-16-26(31)5)42(39,40)29-17-14-24(3)15-18-29/h10-18,20-21,30H,7-9,19,22-23H2,1-6H3,(H,34,38)/t30-/m0/s1. The number of carbonyl (C=O) groups is 2. The number of nitrogens with zero attached hydrogens (tertiary/aromatic N) is 2. The van der Waals surface area contributed by atoms with Crippen molar-refractivity contribution >= 4 is 27.5 Å². The lowest BCUT2D eigenvalue weighted by atomic mass is 10.1. The van der Waals surface area contributed by atoms with Crippen molar-refractivity contribution in [2.24, 2.45) is 0 Å². The second-order valence-electron chi connectivity index (χ2n) is 10.6. The second-order valence-corrected chi connectivity index (χ2v) is 12.4. The highest BCUT2D eigenvalue weighted by atomic mass is 32.2. The summed E-state index contributed by atoms with van der Waals surface area (Å²) < 4.78 is 34.8. The number of nitrogens with one attached hydrogen (secondary N) is 1. The van der Waals surface area contributed by atoms with Gasteiger partial charge in [-0.25, -0.2) is 8.42 Å². The number of anilines is 1. The average Bonchev–Trinajstić information content (AvgIpc) is 2.97. The summed E-state index contributed by atoms with van der Waals surface area (Å²) in [4.78, 5) is 29.2. The Hall–Kier alpha value is -3.85. The number of sulfonamides is 1. The molecule has 0 aliphatic heterocycles. The summed E-state index contributed by atoms with van der Waals surface area (Å²) in [5.74, 6) is -0.118. The summed E-state index contributed by atoms with van der Waals surface area (Å²) in [7, 11) is -2.56. The van der Waals surface area contributed by atoms with Crippen molar-refractivity contribution in [2.45, 2.75) is 71.4 Å². The number of hydrogen-bond donors (Lipinski definition) is 1. The molecule has 226 valence electrons. The predicted octanol–water partition coefficient (Wildman–Crippen LogP) is 5.54. The Bertz CT molecular complexity index is 1470. The van der Waals surface area contributed by atoms with Crippen LogP contribution in [0.15, 0.2) is 71.6 Å². The molecule has 42 heavy (non-hydrogen) atoms. The van der Waals surface area contributed by atoms with E-state index in [9.17, 15) is 18.0 Å². The quantitative estimate of drug-likeness (QED) is 0.248. The lowest BCUT2D eigenvalue weighted by Gasteiger charge is -2.33. The van der Waals surface area contributed by atoms with Crippen molar-refractivity contribution in [1.29, 1.82) is 0 Å². The molecular weight excluding hydrogens is 550 g/mol. The largest absolute Gasteiger partial charge is 0.497 e. The first-order valence-electron chi connectivity index (χ1n) is 14.4. The Morgan fingerprint density at radius 1 is 0.929 bits per heavy atom. The third-order valence-corrected chi connectivity index (χ3v) is 9.00. The lowest BCUT2D eigenvalue weighted by molar-refractivity contribution is -0.140. The Morgan fingerprint density at radius 3 is 2.26 bits per heavy atom. The van der Waals surface area contributed by atoms with Gasteiger partial charge in [0, 0.05) is 13.1 Å². The van der Waals surface area contributed by atoms with Gasteiger partial charge in [-0.1, -0.05) is 62.2 Å². The van der Waals surface area contributed by atoms with Crippen molar-refractivity contribution < 1.29 is 22.7 Å². The highest BCUT2D eigenvalue weighted by molar-refractivity contribution is 7.92. The third-order valence-electron chi connectivity index (χ3n) is 7.22. The third kappa shape index (κ3) is 8.12. The first kappa shape index (κ1) is 32.7. The van der Waals surface area contributed by atoms with Crippen molar-refractivity contribution in [1.82, 2.24) is 10.2 Å². The first-order valence-corrected chi connectivity index (χ1v) is 15.8. The zero-order valence-corrected chi connectivity index (χ0v) is 26.3. The Balaban J connectivity index is 2.09. The van der Waals surface area contributed by atoms with E-state index < -0.39 is 28.5 Å². The molecule has 0 fully saturated rings. The number of hydrogen-bond acceptors (Lipinski definition) is 5. The molecule has 0 radical (unpaired) electrons. The maximum atomic E-state index is 14.3. The van der Waals surface area contributed by atoms with Gasteiger partial charge in [-0.2, -0.15) is 0 Å². The van der Waals surface area contributed by atoms with Gasteiger partial charge in [-0.05, 0) is 80.6 Å². The summed E-state index contributed by atoms with van der Waals surface area (Å²) >= 11 is 0. The maximum Gasteiger partial charge on any atom is 0.264 e. The fourth-order valence-corrected chi connectivity index (χ4v) is 6.20. The van der Waals surface area contributed by atoms with Crippen LogP contribution >= 0.6 is 0 Å². The SMILES string of the molecule is CCCCNC(=O)[C@H](CC)N(Cc1cccc(OC)c1)C(=O)CN(c1cc(C)ccc1C)S(=O)(=O)c1ccc(C)cc1. The fraction of sp³-hybridized carbons (Fsp3) is 0.394. The molecule has 0 aromatic heterocycles. The topological polar surface area (TPSA) is 96.0 Å². The zero-order chi connectivity index (χ0) is 30.9. The number of unbranched alkanes of at least 4 members (excludes halogenated alkanes) is 1. The van der Waals surface area contributed by atoms with Gasteiger partial charge >= 0.3 is 0 Å². The average molecular weight is 594 g/mol. The van der Waals surface area contributed by atoms with Crippen LogP contribution in [-0.2, 0) is 26.2 Å². The highest BCUT2D eigenvalue weighted by Gasteiger charge is 2.34. The Labute approximate surface area is 250 Å². The molecule has 3 aromatic rings. The Kier molecular flexibility index (Phi) is 11.6. The molecule has 2 amide bonds. The van der Waals surface area contributed by atoms with E-state index in [1.807, 2.05) is 65.0 Å². The summed E-state index contributed by atoms with van der Waals surface area (Å²) in [6, 6.07) is 18.6. The molecule has 0 heterocycles. The highest BCUT2D eigenvalue weighted by Crippen LogP contribution is 2.29. The summed E-state index contributed by atoms with van der Waals surface area (Å²) in [5, 5.41) is 2.95. The van der Waals surface area contributed by atoms with Crippen LogP contribution in [-0.4, -0.2) is 51.4 Å². The molecule has 3 aromatic carbocycles. The predicted molar refractivity (Wildman–Crippen MR) is 167 cm³/mol. The van der Waals surface area contributed by atoms with Crippen LogP contribution in [0.25, 0.3) is 0 Å². The molecule has 0 saturated heterocycles. The number of amides is 2. The molecule has 9 heteroatoms. The molecular formula is C33H43N3O5S. The van der Waals surface area contributed by atoms with Crippen molar-refractivity contribution in [3.8, 4) is 5.75 Å². The molecule has 0 spiro atoms. The van der Waals surface area contributed by atoms with E-state index in [1.54, 1.807) is 43.5 Å². The van der Waals surface area contributed by atoms with Gasteiger partial charge in [0.25, 0.3) is 10.0 Å². The number of benzene rings is 3. The molecule has 3 rings (SSSR count). The van der Waals surface area contributed by atoms with E-state index in [1.165, 1.54) is 9.21 Å². The van der Waals surface area contributed by atoms with E-state index >= 15 is 0 Å². The van der Waals surface area contributed by atoms with Gasteiger partial charge in [0.05, 0.1) is 17.7 Å². The number of ether oxygens (including phenoxy) is 1.